The number of amides is 1. The Bertz CT molecular complexity index is 1430. The van der Waals surface area contributed by atoms with Crippen LogP contribution in [0.5, 0.6) is 11.5 Å². The lowest BCUT2D eigenvalue weighted by atomic mass is 10.1. The zero-order valence-electron chi connectivity index (χ0n) is 22.6. The molecule has 1 aliphatic heterocycles. The SMILES string of the molecule is C=CC(=O)Nc1cccc(-c2nc(Nc3ccc(OCOP(=O)(O)O)c(OCCCN4CCOCC4)c3)ncc2Cl)c1. The smallest absolute Gasteiger partial charge is 0.472 e. The van der Waals surface area contributed by atoms with Gasteiger partial charge in [0.1, 0.15) is 0 Å². The van der Waals surface area contributed by atoms with E-state index in [1.54, 1.807) is 42.5 Å². The predicted molar refractivity (Wildman–Crippen MR) is 157 cm³/mol. The number of nitrogens with zero attached hydrogens (tertiary/aromatic N) is 3. The Hall–Kier alpha value is -3.55. The van der Waals surface area contributed by atoms with Crippen LogP contribution in [-0.4, -0.2) is 76.8 Å². The first-order valence-corrected chi connectivity index (χ1v) is 14.8. The van der Waals surface area contributed by atoms with Crippen molar-refractivity contribution >= 4 is 42.7 Å². The quantitative estimate of drug-likeness (QED) is 0.0880. The lowest BCUT2D eigenvalue weighted by Gasteiger charge is -2.26. The van der Waals surface area contributed by atoms with Crippen LogP contribution in [0.1, 0.15) is 6.42 Å². The van der Waals surface area contributed by atoms with Crippen LogP contribution in [0.4, 0.5) is 17.3 Å². The van der Waals surface area contributed by atoms with Gasteiger partial charge in [-0.25, -0.2) is 19.1 Å². The Morgan fingerprint density at radius 1 is 1.14 bits per heavy atom. The summed E-state index contributed by atoms with van der Waals surface area (Å²) in [5, 5.41) is 6.12. The van der Waals surface area contributed by atoms with Crippen LogP contribution in [0.15, 0.2) is 61.3 Å². The van der Waals surface area contributed by atoms with Gasteiger partial charge in [-0.1, -0.05) is 30.3 Å². The highest BCUT2D eigenvalue weighted by Gasteiger charge is 2.16. The van der Waals surface area contributed by atoms with Crippen LogP contribution in [0.2, 0.25) is 5.02 Å². The lowest BCUT2D eigenvalue weighted by molar-refractivity contribution is -0.111. The number of hydrogen-bond acceptors (Lipinski definition) is 10. The molecule has 13 nitrogen and oxygen atoms in total. The first kappa shape index (κ1) is 31.4. The van der Waals surface area contributed by atoms with Crippen LogP contribution in [0, 0.1) is 0 Å². The number of carbonyl (C=O) groups excluding carboxylic acids is 1. The van der Waals surface area contributed by atoms with Gasteiger partial charge < -0.3 is 34.6 Å². The zero-order chi connectivity index (χ0) is 30.0. The number of halogens is 1. The van der Waals surface area contributed by atoms with Gasteiger partial charge >= 0.3 is 7.82 Å². The third-order valence-corrected chi connectivity index (χ3v) is 6.67. The van der Waals surface area contributed by atoms with Crippen LogP contribution in [0.25, 0.3) is 11.3 Å². The Labute approximate surface area is 247 Å². The molecule has 0 bridgehead atoms. The number of carbonyl (C=O) groups is 1. The van der Waals surface area contributed by atoms with Crippen molar-refractivity contribution in [2.45, 2.75) is 6.42 Å². The molecular formula is C27H31ClN5O8P. The molecule has 42 heavy (non-hydrogen) atoms. The maximum atomic E-state index is 11.7. The van der Waals surface area contributed by atoms with Crippen LogP contribution in [0.3, 0.4) is 0 Å². The zero-order valence-corrected chi connectivity index (χ0v) is 24.2. The molecule has 0 atom stereocenters. The van der Waals surface area contributed by atoms with Gasteiger partial charge in [0.15, 0.2) is 11.5 Å². The largest absolute Gasteiger partial charge is 0.490 e. The Kier molecular flexibility index (Phi) is 11.3. The summed E-state index contributed by atoms with van der Waals surface area (Å²) in [5.74, 6) is 0.461. The highest BCUT2D eigenvalue weighted by Crippen LogP contribution is 2.37. The molecule has 15 heteroatoms. The molecule has 0 spiro atoms. The third-order valence-electron chi connectivity index (χ3n) is 5.95. The summed E-state index contributed by atoms with van der Waals surface area (Å²) < 4.78 is 32.2. The monoisotopic (exact) mass is 619 g/mol. The van der Waals surface area contributed by atoms with E-state index in [0.29, 0.717) is 53.2 Å². The van der Waals surface area contributed by atoms with E-state index in [9.17, 15) is 9.36 Å². The molecule has 1 amide bonds. The Morgan fingerprint density at radius 2 is 1.95 bits per heavy atom. The summed E-state index contributed by atoms with van der Waals surface area (Å²) in [7, 11) is -4.71. The van der Waals surface area contributed by atoms with E-state index in [2.05, 4.69) is 36.6 Å². The van der Waals surface area contributed by atoms with E-state index in [1.807, 2.05) is 0 Å². The number of nitrogens with one attached hydrogen (secondary N) is 2. The average Bonchev–Trinajstić information content (AvgIpc) is 2.97. The van der Waals surface area contributed by atoms with Crippen LogP contribution in [-0.2, 0) is 18.6 Å². The number of rotatable bonds is 14. The molecule has 1 fully saturated rings. The second kappa shape index (κ2) is 15.1. The molecule has 2 aromatic carbocycles. The molecule has 0 aliphatic carbocycles. The van der Waals surface area contributed by atoms with Crippen molar-refractivity contribution in [3.8, 4) is 22.8 Å². The Balaban J connectivity index is 1.49. The Morgan fingerprint density at radius 3 is 2.71 bits per heavy atom. The van der Waals surface area contributed by atoms with Crippen molar-refractivity contribution in [3.05, 3.63) is 66.3 Å². The highest BCUT2D eigenvalue weighted by atomic mass is 35.5. The normalized spacial score (nSPS) is 13.8. The lowest BCUT2D eigenvalue weighted by Crippen LogP contribution is -2.37. The summed E-state index contributed by atoms with van der Waals surface area (Å²) >= 11 is 6.40. The predicted octanol–water partition coefficient (Wildman–Crippen LogP) is 4.21. The molecule has 4 rings (SSSR count). The molecule has 1 aliphatic rings. The average molecular weight is 620 g/mol. The minimum Gasteiger partial charge on any atom is -0.490 e. The van der Waals surface area contributed by atoms with Crippen molar-refractivity contribution < 1.29 is 37.9 Å². The molecule has 0 radical (unpaired) electrons. The third kappa shape index (κ3) is 9.78. The fourth-order valence-corrected chi connectivity index (χ4v) is 4.36. The molecule has 0 unspecified atom stereocenters. The fraction of sp³-hybridized carbons (Fsp3) is 0.296. The van der Waals surface area contributed by atoms with E-state index in [0.717, 1.165) is 26.1 Å². The first-order chi connectivity index (χ1) is 20.2. The number of hydrogen-bond donors (Lipinski definition) is 4. The number of anilines is 3. The minimum atomic E-state index is -4.71. The highest BCUT2D eigenvalue weighted by molar-refractivity contribution is 7.46. The van der Waals surface area contributed by atoms with Gasteiger partial charge in [-0.05, 0) is 36.8 Å². The maximum Gasteiger partial charge on any atom is 0.472 e. The van der Waals surface area contributed by atoms with Crippen molar-refractivity contribution in [2.24, 2.45) is 0 Å². The van der Waals surface area contributed by atoms with E-state index in [4.69, 9.17) is 35.6 Å². The molecule has 1 aromatic heterocycles. The summed E-state index contributed by atoms with van der Waals surface area (Å²) in [5.41, 5.74) is 2.21. The van der Waals surface area contributed by atoms with Crippen LogP contribution >= 0.6 is 19.4 Å². The van der Waals surface area contributed by atoms with Gasteiger partial charge in [0.2, 0.25) is 18.6 Å². The maximum absolute atomic E-state index is 11.7. The van der Waals surface area contributed by atoms with Gasteiger partial charge in [0.05, 0.1) is 36.7 Å². The van der Waals surface area contributed by atoms with Gasteiger partial charge in [-0.3, -0.25) is 9.69 Å². The second-order valence-corrected chi connectivity index (χ2v) is 10.6. The van der Waals surface area contributed by atoms with Crippen molar-refractivity contribution in [1.29, 1.82) is 0 Å². The van der Waals surface area contributed by atoms with Crippen molar-refractivity contribution in [2.75, 3.05) is 56.9 Å². The van der Waals surface area contributed by atoms with Gasteiger partial charge in [-0.2, -0.15) is 0 Å². The van der Waals surface area contributed by atoms with Gasteiger partial charge in [0.25, 0.3) is 0 Å². The number of phosphoric acid groups is 1. The summed E-state index contributed by atoms with van der Waals surface area (Å²) in [4.78, 5) is 40.7. The standard InChI is InChI=1S/C27H31ClN5O8P/c1-2-25(34)30-20-6-3-5-19(15-20)26-22(28)17-29-27(32-26)31-21-7-8-23(40-18-41-42(35,36)37)24(16-21)39-12-4-9-33-10-13-38-14-11-33/h2-3,5-8,15-17H,1,4,9-14,18H2,(H,30,34)(H,29,31,32)(H2,35,36,37). The molecule has 3 aromatic rings. The van der Waals surface area contributed by atoms with E-state index < -0.39 is 14.6 Å². The van der Waals surface area contributed by atoms with E-state index in [-0.39, 0.29) is 17.6 Å². The molecular weight excluding hydrogens is 589 g/mol. The molecule has 4 N–H and O–H groups in total. The summed E-state index contributed by atoms with van der Waals surface area (Å²) in [6.45, 7) is 7.13. The van der Waals surface area contributed by atoms with Gasteiger partial charge in [0, 0.05) is 42.6 Å². The van der Waals surface area contributed by atoms with Crippen LogP contribution < -0.4 is 20.1 Å². The van der Waals surface area contributed by atoms with Crippen molar-refractivity contribution in [3.63, 3.8) is 0 Å². The number of phosphoric ester groups is 1. The number of benzene rings is 2. The number of ether oxygens (including phenoxy) is 3. The second-order valence-electron chi connectivity index (χ2n) is 8.99. The van der Waals surface area contributed by atoms with Crippen molar-refractivity contribution in [1.82, 2.24) is 14.9 Å². The summed E-state index contributed by atoms with van der Waals surface area (Å²) in [6, 6.07) is 11.9. The molecule has 0 saturated carbocycles. The number of morpholine rings is 1. The fourth-order valence-electron chi connectivity index (χ4n) is 3.97. The number of aromatic nitrogens is 2. The van der Waals surface area contributed by atoms with E-state index >= 15 is 0 Å². The molecule has 1 saturated heterocycles. The first-order valence-electron chi connectivity index (χ1n) is 12.9. The minimum absolute atomic E-state index is 0.233. The molecule has 2 heterocycles. The van der Waals surface area contributed by atoms with E-state index in [1.165, 1.54) is 12.3 Å². The summed E-state index contributed by atoms with van der Waals surface area (Å²) in [6.07, 6.45) is 3.38. The van der Waals surface area contributed by atoms with Gasteiger partial charge in [-0.15, -0.1) is 0 Å². The topological polar surface area (TPSA) is 165 Å². The molecule has 224 valence electrons.